The summed E-state index contributed by atoms with van der Waals surface area (Å²) in [7, 11) is 0. The van der Waals surface area contributed by atoms with Crippen molar-refractivity contribution in [2.75, 3.05) is 0 Å². The van der Waals surface area contributed by atoms with Crippen molar-refractivity contribution in [3.05, 3.63) is 35.9 Å². The Morgan fingerprint density at radius 3 is 2.50 bits per heavy atom. The maximum absolute atomic E-state index is 11.4. The molecule has 0 fully saturated rings. The van der Waals surface area contributed by atoms with E-state index in [0.717, 1.165) is 12.8 Å². The number of carbonyl (C=O) groups excluding carboxylic acids is 1. The highest BCUT2D eigenvalue weighted by Crippen LogP contribution is 2.05. The van der Waals surface area contributed by atoms with Crippen LogP contribution in [0.25, 0.3) is 0 Å². The van der Waals surface area contributed by atoms with E-state index in [4.69, 9.17) is 5.11 Å². The number of hydrogen-bond acceptors (Lipinski definition) is 2. The molecule has 1 amide bonds. The van der Waals surface area contributed by atoms with Crippen molar-refractivity contribution in [1.29, 1.82) is 0 Å². The normalized spacial score (nSPS) is 11.8. The summed E-state index contributed by atoms with van der Waals surface area (Å²) >= 11 is 0. The molecule has 0 aliphatic heterocycles. The molecular formula is C14H19NO3. The number of carboxylic acid groups (broad SMARTS) is 1. The minimum atomic E-state index is -0.943. The molecule has 4 heteroatoms. The largest absolute Gasteiger partial charge is 0.481 e. The molecule has 1 aromatic rings. The second kappa shape index (κ2) is 7.48. The Hall–Kier alpha value is -1.84. The Balaban J connectivity index is 2.23. The number of aliphatic carboxylic acids is 1. The van der Waals surface area contributed by atoms with E-state index in [0.29, 0.717) is 0 Å². The topological polar surface area (TPSA) is 66.4 Å². The number of carboxylic acids is 1. The van der Waals surface area contributed by atoms with E-state index >= 15 is 0 Å². The molecule has 1 unspecified atom stereocenters. The summed E-state index contributed by atoms with van der Waals surface area (Å²) in [5.41, 5.74) is 1.24. The van der Waals surface area contributed by atoms with Crippen LogP contribution in [-0.2, 0) is 16.0 Å². The van der Waals surface area contributed by atoms with Gasteiger partial charge in [0, 0.05) is 12.5 Å². The maximum Gasteiger partial charge on any atom is 0.303 e. The number of rotatable bonds is 7. The average molecular weight is 249 g/mol. The minimum Gasteiger partial charge on any atom is -0.481 e. The van der Waals surface area contributed by atoms with Gasteiger partial charge in [-0.15, -0.1) is 0 Å². The lowest BCUT2D eigenvalue weighted by Crippen LogP contribution is -2.33. The first kappa shape index (κ1) is 14.2. The molecule has 1 aromatic carbocycles. The zero-order valence-electron chi connectivity index (χ0n) is 10.6. The van der Waals surface area contributed by atoms with Crippen LogP contribution in [0, 0.1) is 0 Å². The maximum atomic E-state index is 11.4. The predicted octanol–water partition coefficient (Wildman–Crippen LogP) is 1.99. The van der Waals surface area contributed by atoms with E-state index in [-0.39, 0.29) is 24.8 Å². The second-order valence-electron chi connectivity index (χ2n) is 4.39. The third kappa shape index (κ3) is 6.03. The van der Waals surface area contributed by atoms with Gasteiger partial charge >= 0.3 is 5.97 Å². The first-order valence-corrected chi connectivity index (χ1v) is 6.13. The van der Waals surface area contributed by atoms with E-state index in [1.54, 1.807) is 0 Å². The fraction of sp³-hybridized carbons (Fsp3) is 0.429. The van der Waals surface area contributed by atoms with Crippen LogP contribution in [0.2, 0.25) is 0 Å². The zero-order valence-corrected chi connectivity index (χ0v) is 10.6. The highest BCUT2D eigenvalue weighted by atomic mass is 16.4. The van der Waals surface area contributed by atoms with Gasteiger partial charge in [-0.25, -0.2) is 0 Å². The molecule has 0 aliphatic rings. The zero-order chi connectivity index (χ0) is 13.4. The van der Waals surface area contributed by atoms with E-state index in [1.165, 1.54) is 5.56 Å². The van der Waals surface area contributed by atoms with E-state index in [2.05, 4.69) is 17.4 Å². The average Bonchev–Trinajstić information content (AvgIpc) is 2.35. The number of benzene rings is 1. The molecule has 0 spiro atoms. The van der Waals surface area contributed by atoms with Gasteiger partial charge in [-0.2, -0.15) is 0 Å². The third-order valence-electron chi connectivity index (χ3n) is 2.68. The van der Waals surface area contributed by atoms with Gasteiger partial charge in [-0.05, 0) is 25.3 Å². The molecular weight excluding hydrogens is 230 g/mol. The van der Waals surface area contributed by atoms with Gasteiger partial charge in [0.25, 0.3) is 0 Å². The highest BCUT2D eigenvalue weighted by molar-refractivity contribution is 5.80. The molecule has 1 atom stereocenters. The fourth-order valence-electron chi connectivity index (χ4n) is 1.67. The Morgan fingerprint density at radius 1 is 1.22 bits per heavy atom. The van der Waals surface area contributed by atoms with Crippen LogP contribution in [0.3, 0.4) is 0 Å². The number of amides is 1. The van der Waals surface area contributed by atoms with Gasteiger partial charge in [-0.1, -0.05) is 30.3 Å². The molecule has 4 nitrogen and oxygen atoms in total. The van der Waals surface area contributed by atoms with E-state index < -0.39 is 5.97 Å². The van der Waals surface area contributed by atoms with Crippen LogP contribution in [0.15, 0.2) is 30.3 Å². The predicted molar refractivity (Wildman–Crippen MR) is 69.2 cm³/mol. The number of hydrogen-bond donors (Lipinski definition) is 2. The van der Waals surface area contributed by atoms with Crippen LogP contribution < -0.4 is 5.32 Å². The van der Waals surface area contributed by atoms with Crippen molar-refractivity contribution in [2.45, 2.75) is 38.6 Å². The first-order chi connectivity index (χ1) is 8.58. The molecule has 0 bridgehead atoms. The van der Waals surface area contributed by atoms with Crippen molar-refractivity contribution in [3.8, 4) is 0 Å². The summed E-state index contributed by atoms with van der Waals surface area (Å²) in [6, 6.07) is 10.1. The standard InChI is InChI=1S/C14H19NO3/c1-11(15-13(16)9-10-14(17)18)7-8-12-5-3-2-4-6-12/h2-6,11H,7-10H2,1H3,(H,15,16)(H,17,18). The molecule has 0 heterocycles. The highest BCUT2D eigenvalue weighted by Gasteiger charge is 2.09. The van der Waals surface area contributed by atoms with Gasteiger partial charge in [-0.3, -0.25) is 9.59 Å². The van der Waals surface area contributed by atoms with Gasteiger partial charge in [0.15, 0.2) is 0 Å². The van der Waals surface area contributed by atoms with Gasteiger partial charge in [0.1, 0.15) is 0 Å². The van der Waals surface area contributed by atoms with Gasteiger partial charge in [0.05, 0.1) is 6.42 Å². The molecule has 0 radical (unpaired) electrons. The quantitative estimate of drug-likeness (QED) is 0.776. The monoisotopic (exact) mass is 249 g/mol. The number of nitrogens with one attached hydrogen (secondary N) is 1. The molecule has 2 N–H and O–H groups in total. The van der Waals surface area contributed by atoms with E-state index in [1.807, 2.05) is 25.1 Å². The Morgan fingerprint density at radius 2 is 1.89 bits per heavy atom. The summed E-state index contributed by atoms with van der Waals surface area (Å²) in [4.78, 5) is 21.7. The van der Waals surface area contributed by atoms with Crippen LogP contribution in [0.4, 0.5) is 0 Å². The number of carbonyl (C=O) groups is 2. The lowest BCUT2D eigenvalue weighted by molar-refractivity contribution is -0.138. The Kier molecular flexibility index (Phi) is 5.91. The van der Waals surface area contributed by atoms with Crippen LogP contribution >= 0.6 is 0 Å². The molecule has 0 aliphatic carbocycles. The Labute approximate surface area is 107 Å². The summed E-state index contributed by atoms with van der Waals surface area (Å²) in [6.07, 6.45) is 1.69. The molecule has 0 aromatic heterocycles. The van der Waals surface area contributed by atoms with Crippen LogP contribution in [-0.4, -0.2) is 23.0 Å². The smallest absolute Gasteiger partial charge is 0.303 e. The summed E-state index contributed by atoms with van der Waals surface area (Å²) in [6.45, 7) is 1.93. The molecule has 98 valence electrons. The van der Waals surface area contributed by atoms with Gasteiger partial charge in [0.2, 0.25) is 5.91 Å². The molecule has 18 heavy (non-hydrogen) atoms. The molecule has 0 saturated heterocycles. The summed E-state index contributed by atoms with van der Waals surface area (Å²) < 4.78 is 0. The van der Waals surface area contributed by atoms with E-state index in [9.17, 15) is 9.59 Å². The van der Waals surface area contributed by atoms with Crippen molar-refractivity contribution in [3.63, 3.8) is 0 Å². The third-order valence-corrected chi connectivity index (χ3v) is 2.68. The second-order valence-corrected chi connectivity index (χ2v) is 4.39. The number of aryl methyl sites for hydroxylation is 1. The lowest BCUT2D eigenvalue weighted by atomic mass is 10.1. The minimum absolute atomic E-state index is 0.0466. The Bertz CT molecular complexity index is 389. The SMILES string of the molecule is CC(CCc1ccccc1)NC(=O)CCC(=O)O. The van der Waals surface area contributed by atoms with Crippen molar-refractivity contribution in [2.24, 2.45) is 0 Å². The van der Waals surface area contributed by atoms with Crippen LogP contribution in [0.1, 0.15) is 31.7 Å². The summed E-state index contributed by atoms with van der Waals surface area (Å²) in [5.74, 6) is -1.14. The van der Waals surface area contributed by atoms with Crippen molar-refractivity contribution < 1.29 is 14.7 Å². The summed E-state index contributed by atoms with van der Waals surface area (Å²) in [5, 5.41) is 11.3. The van der Waals surface area contributed by atoms with Crippen LogP contribution in [0.5, 0.6) is 0 Å². The molecule has 1 rings (SSSR count). The van der Waals surface area contributed by atoms with Gasteiger partial charge < -0.3 is 10.4 Å². The van der Waals surface area contributed by atoms with Crippen molar-refractivity contribution >= 4 is 11.9 Å². The van der Waals surface area contributed by atoms with Crippen molar-refractivity contribution in [1.82, 2.24) is 5.32 Å². The lowest BCUT2D eigenvalue weighted by Gasteiger charge is -2.13. The fourth-order valence-corrected chi connectivity index (χ4v) is 1.67. The first-order valence-electron chi connectivity index (χ1n) is 6.13. The molecule has 0 saturated carbocycles.